The highest BCUT2D eigenvalue weighted by Gasteiger charge is 2.19. The molecule has 1 atom stereocenters. The van der Waals surface area contributed by atoms with E-state index in [9.17, 15) is 4.79 Å². The maximum Gasteiger partial charge on any atom is 0.237 e. The fourth-order valence-electron chi connectivity index (χ4n) is 1.80. The first-order chi connectivity index (χ1) is 7.86. The van der Waals surface area contributed by atoms with Crippen molar-refractivity contribution in [3.05, 3.63) is 12.2 Å². The molecule has 0 bridgehead atoms. The van der Waals surface area contributed by atoms with Crippen molar-refractivity contribution in [3.8, 4) is 0 Å². The van der Waals surface area contributed by atoms with Crippen LogP contribution in [-0.4, -0.2) is 35.2 Å². The van der Waals surface area contributed by atoms with E-state index in [-0.39, 0.29) is 11.9 Å². The van der Waals surface area contributed by atoms with E-state index >= 15 is 0 Å². The first-order valence-corrected chi connectivity index (χ1v) is 5.62. The predicted molar refractivity (Wildman–Crippen MR) is 56.7 cm³/mol. The second-order valence-corrected chi connectivity index (χ2v) is 3.89. The minimum Gasteiger partial charge on any atom is -0.354 e. The predicted octanol–water partition coefficient (Wildman–Crippen LogP) is -0.130. The van der Waals surface area contributed by atoms with Gasteiger partial charge in [-0.05, 0) is 19.4 Å². The molecule has 1 aliphatic heterocycles. The molecule has 16 heavy (non-hydrogen) atoms. The number of rotatable bonds is 4. The fourth-order valence-corrected chi connectivity index (χ4v) is 1.80. The lowest BCUT2D eigenvalue weighted by atomic mass is 10.0. The zero-order chi connectivity index (χ0) is 11.2. The first-order valence-electron chi connectivity index (χ1n) is 5.62. The molecule has 6 heteroatoms. The van der Waals surface area contributed by atoms with Gasteiger partial charge < -0.3 is 15.2 Å². The van der Waals surface area contributed by atoms with Crippen LogP contribution in [-0.2, 0) is 11.2 Å². The molecule has 1 aromatic heterocycles. The van der Waals surface area contributed by atoms with Gasteiger partial charge in [-0.15, -0.1) is 0 Å². The highest BCUT2D eigenvalue weighted by molar-refractivity contribution is 5.81. The third-order valence-electron chi connectivity index (χ3n) is 2.68. The van der Waals surface area contributed by atoms with Gasteiger partial charge in [0, 0.05) is 13.0 Å². The Morgan fingerprint density at radius 3 is 3.25 bits per heavy atom. The monoisotopic (exact) mass is 224 g/mol. The molecule has 1 fully saturated rings. The highest BCUT2D eigenvalue weighted by Crippen LogP contribution is 2.06. The Kier molecular flexibility index (Phi) is 3.87. The van der Waals surface area contributed by atoms with Crippen molar-refractivity contribution < 1.29 is 9.32 Å². The minimum atomic E-state index is -0.0287. The summed E-state index contributed by atoms with van der Waals surface area (Å²) in [6.07, 6.45) is 5.10. The average Bonchev–Trinajstić information content (AvgIpc) is 2.83. The van der Waals surface area contributed by atoms with Gasteiger partial charge >= 0.3 is 0 Å². The second-order valence-electron chi connectivity index (χ2n) is 3.89. The summed E-state index contributed by atoms with van der Waals surface area (Å²) in [6, 6.07) is -0.0287. The van der Waals surface area contributed by atoms with Gasteiger partial charge in [0.05, 0.1) is 6.04 Å². The van der Waals surface area contributed by atoms with Crippen LogP contribution in [0.4, 0.5) is 0 Å². The number of aromatic nitrogens is 2. The number of hydrogen-bond donors (Lipinski definition) is 2. The van der Waals surface area contributed by atoms with E-state index in [1.807, 2.05) is 0 Å². The minimum absolute atomic E-state index is 0.0287. The van der Waals surface area contributed by atoms with Crippen LogP contribution in [0.15, 0.2) is 10.9 Å². The quantitative estimate of drug-likeness (QED) is 0.744. The van der Waals surface area contributed by atoms with Crippen molar-refractivity contribution in [2.75, 3.05) is 13.1 Å². The lowest BCUT2D eigenvalue weighted by Gasteiger charge is -2.22. The molecule has 6 nitrogen and oxygen atoms in total. The van der Waals surface area contributed by atoms with E-state index in [1.165, 1.54) is 6.39 Å². The molecule has 0 spiro atoms. The van der Waals surface area contributed by atoms with Crippen LogP contribution < -0.4 is 10.6 Å². The summed E-state index contributed by atoms with van der Waals surface area (Å²) in [5.41, 5.74) is 0. The molecule has 0 radical (unpaired) electrons. The number of nitrogens with one attached hydrogen (secondary N) is 2. The SMILES string of the molecule is O=C(NCCc1ncon1)C1CCCCN1. The van der Waals surface area contributed by atoms with Crippen molar-refractivity contribution in [2.45, 2.75) is 31.7 Å². The number of amides is 1. The molecule has 1 aromatic rings. The lowest BCUT2D eigenvalue weighted by Crippen LogP contribution is -2.47. The molecule has 2 heterocycles. The van der Waals surface area contributed by atoms with E-state index in [2.05, 4.69) is 25.3 Å². The van der Waals surface area contributed by atoms with Gasteiger partial charge in [0.25, 0.3) is 0 Å². The standard InChI is InChI=1S/C10H16N4O2/c15-10(8-3-1-2-5-11-8)12-6-4-9-13-7-16-14-9/h7-8,11H,1-6H2,(H,12,15). The third kappa shape index (κ3) is 3.03. The Hall–Kier alpha value is -1.43. The van der Waals surface area contributed by atoms with Crippen molar-refractivity contribution in [1.29, 1.82) is 0 Å². The molecular formula is C10H16N4O2. The highest BCUT2D eigenvalue weighted by atomic mass is 16.5. The molecule has 2 rings (SSSR count). The van der Waals surface area contributed by atoms with Gasteiger partial charge in [-0.3, -0.25) is 4.79 Å². The Morgan fingerprint density at radius 1 is 1.62 bits per heavy atom. The summed E-state index contributed by atoms with van der Waals surface area (Å²) in [4.78, 5) is 15.6. The number of nitrogens with zero attached hydrogens (tertiary/aromatic N) is 2. The van der Waals surface area contributed by atoms with Gasteiger partial charge in [-0.25, -0.2) is 0 Å². The molecule has 1 amide bonds. The smallest absolute Gasteiger partial charge is 0.237 e. The summed E-state index contributed by atoms with van der Waals surface area (Å²) in [5, 5.41) is 9.74. The van der Waals surface area contributed by atoms with E-state index in [1.54, 1.807) is 0 Å². The third-order valence-corrected chi connectivity index (χ3v) is 2.68. The summed E-state index contributed by atoms with van der Waals surface area (Å²) in [6.45, 7) is 1.49. The molecule has 1 aliphatic rings. The summed E-state index contributed by atoms with van der Waals surface area (Å²) in [7, 11) is 0. The van der Waals surface area contributed by atoms with Crippen LogP contribution in [0.3, 0.4) is 0 Å². The Morgan fingerprint density at radius 2 is 2.56 bits per heavy atom. The van der Waals surface area contributed by atoms with Gasteiger partial charge in [0.2, 0.25) is 12.3 Å². The molecular weight excluding hydrogens is 208 g/mol. The zero-order valence-corrected chi connectivity index (χ0v) is 9.11. The fraction of sp³-hybridized carbons (Fsp3) is 0.700. The van der Waals surface area contributed by atoms with Crippen LogP contribution in [0.5, 0.6) is 0 Å². The van der Waals surface area contributed by atoms with E-state index < -0.39 is 0 Å². The Balaban J connectivity index is 1.67. The number of carbonyl (C=O) groups is 1. The zero-order valence-electron chi connectivity index (χ0n) is 9.11. The Labute approximate surface area is 93.8 Å². The molecule has 1 unspecified atom stereocenters. The van der Waals surface area contributed by atoms with Gasteiger partial charge in [0.15, 0.2) is 5.82 Å². The van der Waals surface area contributed by atoms with Gasteiger partial charge in [0.1, 0.15) is 0 Å². The summed E-state index contributed by atoms with van der Waals surface area (Å²) < 4.78 is 4.60. The number of hydrogen-bond acceptors (Lipinski definition) is 5. The Bertz CT molecular complexity index is 320. The van der Waals surface area contributed by atoms with E-state index in [4.69, 9.17) is 0 Å². The largest absolute Gasteiger partial charge is 0.354 e. The topological polar surface area (TPSA) is 80.1 Å². The van der Waals surface area contributed by atoms with Gasteiger partial charge in [-0.2, -0.15) is 4.98 Å². The normalized spacial score (nSPS) is 20.6. The maximum atomic E-state index is 11.7. The van der Waals surface area contributed by atoms with Crippen molar-refractivity contribution in [2.24, 2.45) is 0 Å². The number of piperidine rings is 1. The molecule has 0 aliphatic carbocycles. The molecule has 0 aromatic carbocycles. The van der Waals surface area contributed by atoms with Crippen molar-refractivity contribution in [3.63, 3.8) is 0 Å². The van der Waals surface area contributed by atoms with Crippen molar-refractivity contribution >= 4 is 5.91 Å². The molecule has 88 valence electrons. The van der Waals surface area contributed by atoms with Crippen LogP contribution in [0, 0.1) is 0 Å². The van der Waals surface area contributed by atoms with E-state index in [0.717, 1.165) is 25.8 Å². The summed E-state index contributed by atoms with van der Waals surface area (Å²) in [5.74, 6) is 0.695. The maximum absolute atomic E-state index is 11.7. The lowest BCUT2D eigenvalue weighted by molar-refractivity contribution is -0.123. The van der Waals surface area contributed by atoms with E-state index in [0.29, 0.717) is 18.8 Å². The van der Waals surface area contributed by atoms with Crippen LogP contribution in [0.1, 0.15) is 25.1 Å². The van der Waals surface area contributed by atoms with Crippen LogP contribution in [0.2, 0.25) is 0 Å². The molecule has 1 saturated heterocycles. The van der Waals surface area contributed by atoms with Crippen LogP contribution >= 0.6 is 0 Å². The van der Waals surface area contributed by atoms with Crippen molar-refractivity contribution in [1.82, 2.24) is 20.8 Å². The molecule has 2 N–H and O–H groups in total. The van der Waals surface area contributed by atoms with Crippen LogP contribution in [0.25, 0.3) is 0 Å². The summed E-state index contributed by atoms with van der Waals surface area (Å²) >= 11 is 0. The molecule has 0 saturated carbocycles. The average molecular weight is 224 g/mol. The number of carbonyl (C=O) groups excluding carboxylic acids is 1. The first kappa shape index (κ1) is 11.1. The second kappa shape index (κ2) is 5.60. The van der Waals surface area contributed by atoms with Gasteiger partial charge in [-0.1, -0.05) is 11.6 Å².